The SMILES string of the molecule is CCc1nc2c(C)cc(N3CC4(C3)CN(S(C)(=O)=O)C4)nn2c1N(C)c1nc(-c2ccc(F)cc2)c(C#N)s1. The van der Waals surface area contributed by atoms with Crippen molar-refractivity contribution < 1.29 is 12.8 Å². The molecule has 0 saturated carbocycles. The Morgan fingerprint density at radius 2 is 1.87 bits per heavy atom. The fourth-order valence-electron chi connectivity index (χ4n) is 5.40. The van der Waals surface area contributed by atoms with Gasteiger partial charge in [0.1, 0.15) is 28.3 Å². The van der Waals surface area contributed by atoms with E-state index in [-0.39, 0.29) is 11.2 Å². The van der Waals surface area contributed by atoms with Gasteiger partial charge in [0.05, 0.1) is 11.9 Å². The van der Waals surface area contributed by atoms with Gasteiger partial charge in [0.25, 0.3) is 0 Å². The van der Waals surface area contributed by atoms with E-state index in [9.17, 15) is 18.1 Å². The highest BCUT2D eigenvalue weighted by Gasteiger charge is 2.54. The van der Waals surface area contributed by atoms with Crippen LogP contribution in [0.15, 0.2) is 30.3 Å². The molecular weight excluding hydrogens is 539 g/mol. The summed E-state index contributed by atoms with van der Waals surface area (Å²) >= 11 is 1.26. The Morgan fingerprint density at radius 3 is 2.49 bits per heavy atom. The molecule has 0 atom stereocenters. The number of hydrogen-bond acceptors (Lipinski definition) is 9. The molecule has 39 heavy (non-hydrogen) atoms. The summed E-state index contributed by atoms with van der Waals surface area (Å²) in [6.07, 6.45) is 1.93. The average molecular weight is 567 g/mol. The molecule has 1 aromatic carbocycles. The standard InChI is InChI=1S/C26H27FN8O2S2/c1-5-19-24(32(3)25-30-22(20(11-28)38-25)17-6-8-18(27)9-7-17)35-23(29-19)16(2)10-21(31-35)33-12-26(13-33)14-34(15-26)39(4,36)37/h6-10H,5,12-15H2,1-4H3. The first-order chi connectivity index (χ1) is 18.5. The number of hydrogen-bond donors (Lipinski definition) is 0. The van der Waals surface area contributed by atoms with Crippen molar-refractivity contribution in [3.63, 3.8) is 0 Å². The summed E-state index contributed by atoms with van der Waals surface area (Å²) in [6.45, 7) is 6.62. The van der Waals surface area contributed by atoms with Gasteiger partial charge in [0.2, 0.25) is 10.0 Å². The summed E-state index contributed by atoms with van der Waals surface area (Å²) in [6, 6.07) is 10.2. The van der Waals surface area contributed by atoms with Crippen molar-refractivity contribution in [1.82, 2.24) is 23.9 Å². The molecule has 2 saturated heterocycles. The van der Waals surface area contributed by atoms with Crippen molar-refractivity contribution in [1.29, 1.82) is 5.26 Å². The molecule has 2 aliphatic heterocycles. The van der Waals surface area contributed by atoms with Gasteiger partial charge in [-0.2, -0.15) is 9.78 Å². The molecule has 3 aromatic heterocycles. The fraction of sp³-hybridized carbons (Fsp3) is 0.385. The van der Waals surface area contributed by atoms with E-state index in [1.807, 2.05) is 36.4 Å². The molecule has 1 spiro atoms. The maximum atomic E-state index is 13.5. The molecule has 4 aromatic rings. The van der Waals surface area contributed by atoms with Gasteiger partial charge in [-0.1, -0.05) is 18.3 Å². The van der Waals surface area contributed by atoms with Crippen LogP contribution in [0.25, 0.3) is 16.9 Å². The third kappa shape index (κ3) is 4.23. The lowest BCUT2D eigenvalue weighted by molar-refractivity contribution is 0.0394. The van der Waals surface area contributed by atoms with Crippen LogP contribution in [0.2, 0.25) is 0 Å². The Morgan fingerprint density at radius 1 is 1.18 bits per heavy atom. The first kappa shape index (κ1) is 25.7. The number of aromatic nitrogens is 4. The number of aryl methyl sites for hydroxylation is 2. The van der Waals surface area contributed by atoms with Gasteiger partial charge in [-0.05, 0) is 49.2 Å². The van der Waals surface area contributed by atoms with Crippen molar-refractivity contribution in [3.05, 3.63) is 52.3 Å². The zero-order chi connectivity index (χ0) is 27.7. The predicted octanol–water partition coefficient (Wildman–Crippen LogP) is 3.58. The molecule has 0 unspecified atom stereocenters. The molecule has 13 heteroatoms. The van der Waals surface area contributed by atoms with E-state index < -0.39 is 10.0 Å². The van der Waals surface area contributed by atoms with E-state index in [2.05, 4.69) is 11.0 Å². The molecule has 0 radical (unpaired) electrons. The second-order valence-electron chi connectivity index (χ2n) is 10.4. The Balaban J connectivity index is 1.34. The number of rotatable bonds is 6. The van der Waals surface area contributed by atoms with Gasteiger partial charge in [-0.15, -0.1) is 5.10 Å². The van der Waals surface area contributed by atoms with Crippen LogP contribution in [-0.4, -0.2) is 71.8 Å². The monoisotopic (exact) mass is 566 g/mol. The number of nitriles is 1. The lowest BCUT2D eigenvalue weighted by atomic mass is 9.74. The predicted molar refractivity (Wildman–Crippen MR) is 148 cm³/mol. The minimum atomic E-state index is -3.16. The Labute approximate surface area is 230 Å². The topological polar surface area (TPSA) is 111 Å². The second-order valence-corrected chi connectivity index (χ2v) is 13.4. The summed E-state index contributed by atoms with van der Waals surface area (Å²) in [4.78, 5) is 14.1. The van der Waals surface area contributed by atoms with Crippen molar-refractivity contribution >= 4 is 43.8 Å². The van der Waals surface area contributed by atoms with E-state index in [1.54, 1.807) is 12.1 Å². The highest BCUT2D eigenvalue weighted by Crippen LogP contribution is 2.43. The zero-order valence-corrected chi connectivity index (χ0v) is 23.6. The zero-order valence-electron chi connectivity index (χ0n) is 22.0. The lowest BCUT2D eigenvalue weighted by Gasteiger charge is -2.59. The maximum Gasteiger partial charge on any atom is 0.211 e. The summed E-state index contributed by atoms with van der Waals surface area (Å²) in [7, 11) is -1.27. The Bertz CT molecular complexity index is 1740. The normalized spacial score (nSPS) is 16.8. The van der Waals surface area contributed by atoms with Crippen molar-refractivity contribution in [2.75, 3.05) is 49.3 Å². The smallest absolute Gasteiger partial charge is 0.211 e. The minimum absolute atomic E-state index is 0.0118. The average Bonchev–Trinajstić information content (AvgIpc) is 3.43. The van der Waals surface area contributed by atoms with Crippen LogP contribution in [0.1, 0.15) is 23.1 Å². The molecule has 6 rings (SSSR count). The molecule has 5 heterocycles. The number of benzene rings is 1. The third-order valence-corrected chi connectivity index (χ3v) is 9.68. The quantitative estimate of drug-likeness (QED) is 0.348. The Kier molecular flexibility index (Phi) is 5.90. The van der Waals surface area contributed by atoms with Crippen LogP contribution in [-0.2, 0) is 16.4 Å². The molecule has 0 N–H and O–H groups in total. The molecule has 2 aliphatic rings. The molecule has 0 bridgehead atoms. The molecule has 202 valence electrons. The highest BCUT2D eigenvalue weighted by molar-refractivity contribution is 7.88. The summed E-state index contributed by atoms with van der Waals surface area (Å²) in [5.74, 6) is 1.23. The summed E-state index contributed by atoms with van der Waals surface area (Å²) in [5.41, 5.74) is 3.75. The van der Waals surface area contributed by atoms with Crippen molar-refractivity contribution in [2.45, 2.75) is 20.3 Å². The first-order valence-electron chi connectivity index (χ1n) is 12.5. The lowest BCUT2D eigenvalue weighted by Crippen LogP contribution is -2.73. The fourth-order valence-corrected chi connectivity index (χ4v) is 7.26. The first-order valence-corrected chi connectivity index (χ1v) is 15.2. The van der Waals surface area contributed by atoms with E-state index in [4.69, 9.17) is 15.1 Å². The number of fused-ring (bicyclic) bond motifs is 1. The molecular formula is C26H27FN8O2S2. The highest BCUT2D eigenvalue weighted by atomic mass is 32.2. The van der Waals surface area contributed by atoms with Gasteiger partial charge >= 0.3 is 0 Å². The molecule has 0 amide bonds. The van der Waals surface area contributed by atoms with Gasteiger partial charge in [-0.25, -0.2) is 27.1 Å². The number of nitrogens with zero attached hydrogens (tertiary/aromatic N) is 8. The molecule has 0 aliphatic carbocycles. The molecule has 10 nitrogen and oxygen atoms in total. The van der Waals surface area contributed by atoms with Crippen LogP contribution >= 0.6 is 11.3 Å². The minimum Gasteiger partial charge on any atom is -0.354 e. The van der Waals surface area contributed by atoms with E-state index in [0.29, 0.717) is 40.8 Å². The van der Waals surface area contributed by atoms with Crippen molar-refractivity contribution in [2.24, 2.45) is 5.41 Å². The number of halogens is 1. The Hall–Kier alpha value is -3.60. The molecule has 2 fully saturated rings. The number of imidazole rings is 1. The second kappa shape index (κ2) is 8.97. The largest absolute Gasteiger partial charge is 0.354 e. The van der Waals surface area contributed by atoms with Gasteiger partial charge in [0.15, 0.2) is 16.6 Å². The summed E-state index contributed by atoms with van der Waals surface area (Å²) in [5, 5.41) is 15.3. The van der Waals surface area contributed by atoms with Crippen LogP contribution < -0.4 is 9.80 Å². The van der Waals surface area contributed by atoms with Crippen molar-refractivity contribution in [3.8, 4) is 17.3 Å². The van der Waals surface area contributed by atoms with E-state index in [1.165, 1.54) is 34.0 Å². The van der Waals surface area contributed by atoms with Gasteiger partial charge in [0, 0.05) is 44.2 Å². The maximum absolute atomic E-state index is 13.5. The van der Waals surface area contributed by atoms with Crippen LogP contribution in [0.5, 0.6) is 0 Å². The number of anilines is 3. The van der Waals surface area contributed by atoms with E-state index in [0.717, 1.165) is 41.6 Å². The number of sulfonamides is 1. The summed E-state index contributed by atoms with van der Waals surface area (Å²) < 4.78 is 40.5. The third-order valence-electron chi connectivity index (χ3n) is 7.44. The van der Waals surface area contributed by atoms with Crippen LogP contribution in [0.3, 0.4) is 0 Å². The van der Waals surface area contributed by atoms with Gasteiger partial charge < -0.3 is 9.80 Å². The number of thiazole rings is 1. The van der Waals surface area contributed by atoms with Crippen LogP contribution in [0, 0.1) is 29.5 Å². The van der Waals surface area contributed by atoms with E-state index >= 15 is 0 Å². The van der Waals surface area contributed by atoms with Crippen LogP contribution in [0.4, 0.5) is 21.2 Å². The van der Waals surface area contributed by atoms with Gasteiger partial charge in [-0.3, -0.25) is 0 Å².